The largest absolute Gasteiger partial charge is 0.0622 e. The van der Waals surface area contributed by atoms with Crippen molar-refractivity contribution < 1.29 is 0 Å². The molecular formula is C45H43. The van der Waals surface area contributed by atoms with E-state index in [1.165, 1.54) is 82.8 Å². The standard InChI is InChI=1S/C45H43/c1-28-19-20-32-24-29(2)40(36(32)23-28)42-38-26-33-25-34(44(3,4)5)21-22-35(33)37(38)27-39(43(42)45(6,7)8)41(30-15-11-9-12-16-30)31-17-13-10-14-18-31/h9-25,27,40H,1-8H3. The normalized spacial score (nSPS) is 15.2. The van der Waals surface area contributed by atoms with E-state index in [9.17, 15) is 0 Å². The molecule has 7 rings (SSSR count). The molecule has 1 radical (unpaired) electrons. The maximum absolute atomic E-state index is 4.02. The molecule has 0 spiro atoms. The highest BCUT2D eigenvalue weighted by molar-refractivity contribution is 5.88. The molecule has 2 aliphatic carbocycles. The van der Waals surface area contributed by atoms with E-state index < -0.39 is 0 Å². The van der Waals surface area contributed by atoms with Crippen LogP contribution in [0.5, 0.6) is 0 Å². The van der Waals surface area contributed by atoms with Crippen molar-refractivity contribution in [2.75, 3.05) is 0 Å². The quantitative estimate of drug-likeness (QED) is 0.194. The van der Waals surface area contributed by atoms with Gasteiger partial charge in [0.2, 0.25) is 0 Å². The average molecular weight is 584 g/mol. The number of rotatable bonds is 3. The first-order valence-electron chi connectivity index (χ1n) is 16.3. The highest BCUT2D eigenvalue weighted by atomic mass is 14.4. The highest BCUT2D eigenvalue weighted by Gasteiger charge is 2.34. The molecule has 0 aromatic heterocycles. The molecular weight excluding hydrogens is 540 g/mol. The van der Waals surface area contributed by atoms with Gasteiger partial charge in [-0.3, -0.25) is 0 Å². The molecule has 0 heteroatoms. The van der Waals surface area contributed by atoms with E-state index in [1.807, 2.05) is 0 Å². The van der Waals surface area contributed by atoms with Crippen molar-refractivity contribution in [2.24, 2.45) is 0 Å². The molecule has 0 bridgehead atoms. The summed E-state index contributed by atoms with van der Waals surface area (Å²) in [4.78, 5) is 0. The topological polar surface area (TPSA) is 0 Å². The molecule has 1 atom stereocenters. The summed E-state index contributed by atoms with van der Waals surface area (Å²) in [6, 6.07) is 38.5. The Hall–Kier alpha value is -4.42. The first-order valence-corrected chi connectivity index (χ1v) is 16.3. The van der Waals surface area contributed by atoms with Crippen molar-refractivity contribution in [2.45, 2.75) is 72.1 Å². The van der Waals surface area contributed by atoms with Crippen molar-refractivity contribution >= 4 is 17.7 Å². The predicted molar refractivity (Wildman–Crippen MR) is 192 cm³/mol. The van der Waals surface area contributed by atoms with Crippen LogP contribution in [0.4, 0.5) is 0 Å². The summed E-state index contributed by atoms with van der Waals surface area (Å²) in [7, 11) is 0. The van der Waals surface area contributed by atoms with Crippen molar-refractivity contribution in [1.29, 1.82) is 0 Å². The van der Waals surface area contributed by atoms with Crippen LogP contribution in [0.3, 0.4) is 0 Å². The van der Waals surface area contributed by atoms with Crippen LogP contribution in [0.15, 0.2) is 109 Å². The first-order chi connectivity index (χ1) is 21.4. The van der Waals surface area contributed by atoms with Gasteiger partial charge in [-0.2, -0.15) is 0 Å². The zero-order valence-electron chi connectivity index (χ0n) is 28.0. The Morgan fingerprint density at radius 1 is 0.644 bits per heavy atom. The second-order valence-electron chi connectivity index (χ2n) is 15.1. The minimum atomic E-state index is -0.131. The third-order valence-corrected chi connectivity index (χ3v) is 9.63. The van der Waals surface area contributed by atoms with Crippen LogP contribution in [0.1, 0.15) is 104 Å². The van der Waals surface area contributed by atoms with Gasteiger partial charge < -0.3 is 0 Å². The number of allylic oxidation sites excluding steroid dienone is 1. The summed E-state index contributed by atoms with van der Waals surface area (Å²) in [6.45, 7) is 18.6. The molecule has 2 aliphatic rings. The Morgan fingerprint density at radius 3 is 1.89 bits per heavy atom. The Labute approximate surface area is 269 Å². The van der Waals surface area contributed by atoms with Gasteiger partial charge in [-0.1, -0.05) is 150 Å². The highest BCUT2D eigenvalue weighted by Crippen LogP contribution is 2.45. The van der Waals surface area contributed by atoms with E-state index in [0.29, 0.717) is 0 Å². The fourth-order valence-corrected chi connectivity index (χ4v) is 7.55. The van der Waals surface area contributed by atoms with Crippen LogP contribution in [0, 0.1) is 6.92 Å². The van der Waals surface area contributed by atoms with Gasteiger partial charge in [0.05, 0.1) is 0 Å². The third kappa shape index (κ3) is 5.01. The summed E-state index contributed by atoms with van der Waals surface area (Å²) < 4.78 is 0. The van der Waals surface area contributed by atoms with E-state index in [2.05, 4.69) is 171 Å². The Balaban J connectivity index is 1.71. The van der Waals surface area contributed by atoms with Gasteiger partial charge >= 0.3 is 0 Å². The van der Waals surface area contributed by atoms with Crippen molar-refractivity contribution in [1.82, 2.24) is 0 Å². The maximum Gasteiger partial charge on any atom is 0.0315 e. The van der Waals surface area contributed by atoms with E-state index in [1.54, 1.807) is 0 Å². The summed E-state index contributed by atoms with van der Waals surface area (Å²) in [6.07, 6.45) is 6.43. The number of benzene rings is 5. The molecule has 5 aromatic carbocycles. The van der Waals surface area contributed by atoms with Gasteiger partial charge in [0.15, 0.2) is 0 Å². The Kier molecular flexibility index (Phi) is 6.90. The zero-order valence-corrected chi connectivity index (χ0v) is 28.0. The van der Waals surface area contributed by atoms with Crippen molar-refractivity contribution in [3.63, 3.8) is 0 Å². The fraction of sp³-hybridized carbons (Fsp3) is 0.244. The minimum Gasteiger partial charge on any atom is -0.0622 e. The second kappa shape index (κ2) is 10.6. The Morgan fingerprint density at radius 2 is 1.29 bits per heavy atom. The van der Waals surface area contributed by atoms with Gasteiger partial charge in [-0.05, 0) is 115 Å². The summed E-state index contributed by atoms with van der Waals surface area (Å²) >= 11 is 0. The molecule has 0 fully saturated rings. The van der Waals surface area contributed by atoms with Gasteiger partial charge in [-0.25, -0.2) is 0 Å². The number of hydrogen-bond acceptors (Lipinski definition) is 0. The summed E-state index contributed by atoms with van der Waals surface area (Å²) in [5.41, 5.74) is 17.1. The van der Waals surface area contributed by atoms with Crippen LogP contribution in [-0.2, 0) is 10.8 Å². The molecule has 0 saturated carbocycles. The first kappa shape index (κ1) is 29.3. The lowest BCUT2D eigenvalue weighted by Crippen LogP contribution is -2.34. The van der Waals surface area contributed by atoms with E-state index >= 15 is 0 Å². The lowest BCUT2D eigenvalue weighted by Gasteiger charge is -2.30. The smallest absolute Gasteiger partial charge is 0.0315 e. The van der Waals surface area contributed by atoms with Crippen LogP contribution in [0.2, 0.25) is 0 Å². The van der Waals surface area contributed by atoms with Crippen LogP contribution >= 0.6 is 0 Å². The second-order valence-corrected chi connectivity index (χ2v) is 15.1. The predicted octanol–water partition coefficient (Wildman–Crippen LogP) is 10.1. The lowest BCUT2D eigenvalue weighted by molar-refractivity contribution is 0.575. The number of fused-ring (bicyclic) bond motifs is 4. The number of aryl methyl sites for hydroxylation is 1. The summed E-state index contributed by atoms with van der Waals surface area (Å²) in [5, 5.41) is 2.58. The molecule has 223 valence electrons. The minimum absolute atomic E-state index is 0.0683. The lowest BCUT2D eigenvalue weighted by atomic mass is 9.73. The van der Waals surface area contributed by atoms with E-state index in [0.717, 1.165) is 0 Å². The zero-order chi connectivity index (χ0) is 31.7. The molecule has 1 unspecified atom stereocenters. The third-order valence-electron chi connectivity index (χ3n) is 9.63. The van der Waals surface area contributed by atoms with E-state index in [-0.39, 0.29) is 16.7 Å². The molecule has 45 heavy (non-hydrogen) atoms. The molecule has 0 N–H and O–H groups in total. The van der Waals surface area contributed by atoms with Crippen LogP contribution in [-0.4, -0.2) is 0 Å². The molecule has 0 amide bonds. The van der Waals surface area contributed by atoms with Crippen molar-refractivity contribution in [3.05, 3.63) is 169 Å². The fourth-order valence-electron chi connectivity index (χ4n) is 7.55. The average Bonchev–Trinajstić information content (AvgIpc) is 3.52. The maximum atomic E-state index is 4.02. The summed E-state index contributed by atoms with van der Waals surface area (Å²) in [5.74, 6) is 0.166. The van der Waals surface area contributed by atoms with Gasteiger partial charge in [-0.15, -0.1) is 0 Å². The van der Waals surface area contributed by atoms with Gasteiger partial charge in [0, 0.05) is 5.92 Å². The van der Waals surface area contributed by atoms with Crippen molar-refractivity contribution in [3.8, 4) is 11.1 Å². The van der Waals surface area contributed by atoms with Gasteiger partial charge in [0.25, 0.3) is 0 Å². The molecule has 5 aromatic rings. The molecule has 0 heterocycles. The Bertz CT molecular complexity index is 2070. The van der Waals surface area contributed by atoms with Crippen LogP contribution < -0.4 is 10.4 Å². The SMILES string of the molecule is CC1=Cc2ccc(C)cc2C1c1c(C(C)(C)C)c(=C(c2ccccc2)c2ccccc2)cc2c1=[C]c1cc(C(C)(C)C)ccc1-2. The van der Waals surface area contributed by atoms with Gasteiger partial charge in [0.1, 0.15) is 0 Å². The molecule has 0 nitrogen and oxygen atoms in total. The van der Waals surface area contributed by atoms with E-state index in [4.69, 9.17) is 0 Å². The number of hydrogen-bond donors (Lipinski definition) is 0. The molecule has 0 aliphatic heterocycles. The monoisotopic (exact) mass is 583 g/mol. The van der Waals surface area contributed by atoms with Crippen LogP contribution in [0.25, 0.3) is 28.9 Å². The molecule has 0 saturated heterocycles.